The van der Waals surface area contributed by atoms with Gasteiger partial charge in [-0.1, -0.05) is 25.8 Å². The maximum atomic E-state index is 12.1. The fraction of sp³-hybridized carbons (Fsp3) is 0.875. The number of aliphatic hydroxyl groups excluding tert-OH is 1. The molecular weight excluding hydrogens is 333 g/mol. The third-order valence-corrected chi connectivity index (χ3v) is 4.40. The quantitative estimate of drug-likeness (QED) is 0.200. The molecule has 0 amide bonds. The molecule has 24 heavy (non-hydrogen) atoms. The van der Waals surface area contributed by atoms with Crippen LogP contribution in [-0.4, -0.2) is 74.2 Å². The molecule has 0 aromatic rings. The van der Waals surface area contributed by atoms with E-state index < -0.39 is 20.0 Å². The third kappa shape index (κ3) is 12.1. The smallest absolute Gasteiger partial charge is 0.394 e. The Hall–Kier alpha value is -0.270. The number of quaternary nitrogens is 1. The van der Waals surface area contributed by atoms with E-state index in [2.05, 4.69) is 13.5 Å². The first-order chi connectivity index (χ1) is 11.1. The number of hydrogen-bond acceptors (Lipinski definition) is 5. The maximum Gasteiger partial charge on any atom is 0.472 e. The summed E-state index contributed by atoms with van der Waals surface area (Å²) in [7, 11) is 1.65. The van der Waals surface area contributed by atoms with Gasteiger partial charge in [0, 0.05) is 6.61 Å². The van der Waals surface area contributed by atoms with Crippen molar-refractivity contribution in [2.24, 2.45) is 0 Å². The molecule has 7 nitrogen and oxygen atoms in total. The zero-order valence-corrected chi connectivity index (χ0v) is 16.4. The van der Waals surface area contributed by atoms with Gasteiger partial charge < -0.3 is 19.2 Å². The van der Waals surface area contributed by atoms with E-state index in [0.717, 1.165) is 19.3 Å². The molecule has 0 saturated carbocycles. The number of rotatable bonds is 15. The lowest BCUT2D eigenvalue weighted by molar-refractivity contribution is -0.870. The lowest BCUT2D eigenvalue weighted by Gasteiger charge is -2.28. The molecule has 0 saturated heterocycles. The molecule has 2 N–H and O–H groups in total. The molecule has 0 aromatic heterocycles. The lowest BCUT2D eigenvalue weighted by atomic mass is 10.1. The number of unbranched alkanes of at least 4 members (excludes halogenated alkanes) is 2. The Morgan fingerprint density at radius 2 is 1.88 bits per heavy atom. The fourth-order valence-corrected chi connectivity index (χ4v) is 2.86. The van der Waals surface area contributed by atoms with Crippen molar-refractivity contribution in [3.8, 4) is 0 Å². The van der Waals surface area contributed by atoms with Crippen LogP contribution in [0.15, 0.2) is 12.7 Å². The van der Waals surface area contributed by atoms with Crippen LogP contribution in [0.25, 0.3) is 0 Å². The van der Waals surface area contributed by atoms with Crippen molar-refractivity contribution in [1.82, 2.24) is 0 Å². The van der Waals surface area contributed by atoms with Gasteiger partial charge in [0.15, 0.2) is 0 Å². The van der Waals surface area contributed by atoms with Gasteiger partial charge in [0.2, 0.25) is 0 Å². The summed E-state index contributed by atoms with van der Waals surface area (Å²) in [6.45, 7) is 6.53. The largest absolute Gasteiger partial charge is 0.472 e. The van der Waals surface area contributed by atoms with Crippen LogP contribution in [0.4, 0.5) is 0 Å². The lowest BCUT2D eigenvalue weighted by Crippen LogP contribution is -2.37. The molecule has 0 bridgehead atoms. The van der Waals surface area contributed by atoms with Crippen molar-refractivity contribution in [3.05, 3.63) is 12.7 Å². The molecule has 0 rings (SSSR count). The van der Waals surface area contributed by atoms with Gasteiger partial charge >= 0.3 is 7.82 Å². The first kappa shape index (κ1) is 23.7. The second-order valence-corrected chi connectivity index (χ2v) is 8.19. The average molecular weight is 368 g/mol. The van der Waals surface area contributed by atoms with E-state index in [1.54, 1.807) is 6.08 Å². The molecule has 0 aromatic carbocycles. The second-order valence-electron chi connectivity index (χ2n) is 6.78. The maximum absolute atomic E-state index is 12.1. The number of aliphatic hydroxyl groups is 1. The molecule has 0 aliphatic heterocycles. The van der Waals surface area contributed by atoms with Crippen molar-refractivity contribution in [2.75, 3.05) is 47.5 Å². The highest BCUT2D eigenvalue weighted by atomic mass is 31.2. The summed E-state index contributed by atoms with van der Waals surface area (Å²) >= 11 is 0. The van der Waals surface area contributed by atoms with E-state index in [9.17, 15) is 14.6 Å². The topological polar surface area (TPSA) is 85.2 Å². The summed E-state index contributed by atoms with van der Waals surface area (Å²) in [5.41, 5.74) is 0. The first-order valence-electron chi connectivity index (χ1n) is 8.44. The fourth-order valence-electron chi connectivity index (χ4n) is 1.92. The Bertz CT molecular complexity index is 385. The molecular formula is C16H35NO6P+. The number of hydrogen-bond donors (Lipinski definition) is 2. The van der Waals surface area contributed by atoms with Gasteiger partial charge in [0.1, 0.15) is 25.4 Å². The zero-order chi connectivity index (χ0) is 18.6. The van der Waals surface area contributed by atoms with Crippen LogP contribution in [0.5, 0.6) is 0 Å². The molecule has 0 aliphatic carbocycles. The minimum absolute atomic E-state index is 0.0965. The van der Waals surface area contributed by atoms with Crippen LogP contribution in [0.2, 0.25) is 0 Å². The van der Waals surface area contributed by atoms with E-state index in [1.165, 1.54) is 0 Å². The Morgan fingerprint density at radius 3 is 2.38 bits per heavy atom. The summed E-state index contributed by atoms with van der Waals surface area (Å²) in [6.07, 6.45) is 3.32. The van der Waals surface area contributed by atoms with Crippen LogP contribution in [0.3, 0.4) is 0 Å². The number of likely N-dealkylation sites (N-methyl/N-ethyl adjacent to an activating group) is 1. The number of nitrogens with zero attached hydrogens (tertiary/aromatic N) is 1. The van der Waals surface area contributed by atoms with E-state index in [1.807, 2.05) is 21.1 Å². The summed E-state index contributed by atoms with van der Waals surface area (Å²) in [5.74, 6) is 0. The Balaban J connectivity index is 4.59. The highest BCUT2D eigenvalue weighted by molar-refractivity contribution is 7.47. The van der Waals surface area contributed by atoms with E-state index in [0.29, 0.717) is 17.6 Å². The SMILES string of the molecule is C=CCC(OP(=O)(O)OCC[N+](C)(C)C)[C@H](CO)OCCCCC. The molecule has 0 heterocycles. The zero-order valence-electron chi connectivity index (χ0n) is 15.5. The average Bonchev–Trinajstić information content (AvgIpc) is 2.45. The molecule has 8 heteroatoms. The predicted octanol–water partition coefficient (Wildman–Crippen LogP) is 2.34. The number of ether oxygens (including phenoxy) is 1. The highest BCUT2D eigenvalue weighted by Gasteiger charge is 2.32. The second kappa shape index (κ2) is 12.1. The molecule has 144 valence electrons. The van der Waals surface area contributed by atoms with E-state index in [-0.39, 0.29) is 19.6 Å². The van der Waals surface area contributed by atoms with Gasteiger partial charge in [-0.3, -0.25) is 9.05 Å². The predicted molar refractivity (Wildman–Crippen MR) is 94.7 cm³/mol. The third-order valence-electron chi connectivity index (χ3n) is 3.36. The Kier molecular flexibility index (Phi) is 12.0. The van der Waals surface area contributed by atoms with E-state index in [4.69, 9.17) is 13.8 Å². The van der Waals surface area contributed by atoms with Gasteiger partial charge in [-0.05, 0) is 12.8 Å². The molecule has 2 unspecified atom stereocenters. The van der Waals surface area contributed by atoms with Gasteiger partial charge in [0.05, 0.1) is 27.7 Å². The summed E-state index contributed by atoms with van der Waals surface area (Å²) in [5, 5.41) is 9.51. The van der Waals surface area contributed by atoms with Crippen LogP contribution in [0, 0.1) is 0 Å². The van der Waals surface area contributed by atoms with Crippen molar-refractivity contribution < 1.29 is 32.8 Å². The standard InChI is InChI=1S/C16H34NO6P/c1-6-8-9-12-21-16(14-18)15(10-7-2)23-24(19,20)22-13-11-17(3,4)5/h7,15-16,18H,2,6,8-14H2,1,3-5H3/p+1/t15?,16-/m0/s1. The van der Waals surface area contributed by atoms with Gasteiger partial charge in [0.25, 0.3) is 0 Å². The minimum Gasteiger partial charge on any atom is -0.394 e. The number of phosphoric acid groups is 1. The molecule has 0 aliphatic rings. The summed E-state index contributed by atoms with van der Waals surface area (Å²) in [4.78, 5) is 9.90. The van der Waals surface area contributed by atoms with Gasteiger partial charge in [-0.15, -0.1) is 6.58 Å². The molecule has 0 radical (unpaired) electrons. The molecule has 3 atom stereocenters. The van der Waals surface area contributed by atoms with Crippen molar-refractivity contribution in [3.63, 3.8) is 0 Å². The molecule has 0 spiro atoms. The summed E-state index contributed by atoms with van der Waals surface area (Å²) < 4.78 is 28.6. The Labute approximate surface area is 146 Å². The van der Waals surface area contributed by atoms with E-state index >= 15 is 0 Å². The normalized spacial score (nSPS) is 17.2. The van der Waals surface area contributed by atoms with Crippen LogP contribution in [-0.2, 0) is 18.3 Å². The van der Waals surface area contributed by atoms with Crippen molar-refractivity contribution >= 4 is 7.82 Å². The van der Waals surface area contributed by atoms with Crippen molar-refractivity contribution in [1.29, 1.82) is 0 Å². The summed E-state index contributed by atoms with van der Waals surface area (Å²) in [6, 6.07) is 0. The van der Waals surface area contributed by atoms with Crippen LogP contribution in [0.1, 0.15) is 32.6 Å². The van der Waals surface area contributed by atoms with Gasteiger partial charge in [-0.2, -0.15) is 0 Å². The molecule has 0 fully saturated rings. The van der Waals surface area contributed by atoms with Crippen LogP contribution < -0.4 is 0 Å². The first-order valence-corrected chi connectivity index (χ1v) is 9.94. The number of phosphoric ester groups is 1. The minimum atomic E-state index is -4.23. The van der Waals surface area contributed by atoms with Crippen LogP contribution >= 0.6 is 7.82 Å². The van der Waals surface area contributed by atoms with Crippen molar-refractivity contribution in [2.45, 2.75) is 44.8 Å². The Morgan fingerprint density at radius 1 is 1.21 bits per heavy atom. The monoisotopic (exact) mass is 368 g/mol. The van der Waals surface area contributed by atoms with Gasteiger partial charge in [-0.25, -0.2) is 4.57 Å². The highest BCUT2D eigenvalue weighted by Crippen LogP contribution is 2.45.